The summed E-state index contributed by atoms with van der Waals surface area (Å²) < 4.78 is 5.96. The van der Waals surface area contributed by atoms with Crippen molar-refractivity contribution in [1.82, 2.24) is 19.9 Å². The zero-order chi connectivity index (χ0) is 17.8. The monoisotopic (exact) mass is 344 g/mol. The van der Waals surface area contributed by atoms with Gasteiger partial charge in [0.05, 0.1) is 28.5 Å². The van der Waals surface area contributed by atoms with Gasteiger partial charge in [-0.05, 0) is 29.8 Å². The van der Waals surface area contributed by atoms with Crippen molar-refractivity contribution in [2.75, 3.05) is 18.1 Å². The predicted octanol–water partition coefficient (Wildman–Crippen LogP) is 2.90. The second-order valence-electron chi connectivity index (χ2n) is 6.51. The lowest BCUT2D eigenvalue weighted by Gasteiger charge is -2.14. The average Bonchev–Trinajstić information content (AvgIpc) is 3.02. The van der Waals surface area contributed by atoms with E-state index >= 15 is 0 Å². The van der Waals surface area contributed by atoms with E-state index < -0.39 is 0 Å². The number of rotatable bonds is 1. The molecule has 0 radical (unpaired) electrons. The van der Waals surface area contributed by atoms with Gasteiger partial charge in [0, 0.05) is 29.4 Å². The molecule has 1 unspecified atom stereocenters. The predicted molar refractivity (Wildman–Crippen MR) is 101 cm³/mol. The van der Waals surface area contributed by atoms with Gasteiger partial charge in [0.15, 0.2) is 0 Å². The van der Waals surface area contributed by atoms with Gasteiger partial charge in [0.1, 0.15) is 11.6 Å². The van der Waals surface area contributed by atoms with Gasteiger partial charge in [-0.15, -0.1) is 0 Å². The summed E-state index contributed by atoms with van der Waals surface area (Å²) in [6, 6.07) is 7.83. The number of hydrogen-bond donors (Lipinski definition) is 2. The third-order valence-corrected chi connectivity index (χ3v) is 4.76. The quantitative estimate of drug-likeness (QED) is 0.546. The van der Waals surface area contributed by atoms with Crippen molar-refractivity contribution in [1.29, 1.82) is 0 Å². The Morgan fingerprint density at radius 3 is 2.85 bits per heavy atom. The molecule has 0 bridgehead atoms. The summed E-state index contributed by atoms with van der Waals surface area (Å²) in [7, 11) is 0. The number of nitrogens with zero attached hydrogens (tertiary/aromatic N) is 4. The number of aromatic nitrogens is 4. The molecule has 1 atom stereocenters. The van der Waals surface area contributed by atoms with Gasteiger partial charge in [-0.3, -0.25) is 9.97 Å². The molecule has 128 valence electrons. The molecule has 0 aliphatic carbocycles. The van der Waals surface area contributed by atoms with Gasteiger partial charge >= 0.3 is 0 Å². The number of nitrogen functional groups attached to an aromatic ring is 2. The normalized spacial score (nSPS) is 16.0. The number of anilines is 2. The van der Waals surface area contributed by atoms with Crippen molar-refractivity contribution in [2.45, 2.75) is 12.8 Å². The molecule has 1 aliphatic rings. The highest BCUT2D eigenvalue weighted by Gasteiger charge is 2.29. The van der Waals surface area contributed by atoms with E-state index in [4.69, 9.17) is 16.2 Å². The van der Waals surface area contributed by atoms with E-state index in [1.54, 1.807) is 6.20 Å². The fourth-order valence-electron chi connectivity index (χ4n) is 3.59. The number of hydrogen-bond acceptors (Lipinski definition) is 7. The molecular formula is C19H16N6O. The van der Waals surface area contributed by atoms with Gasteiger partial charge in [-0.2, -0.15) is 4.98 Å². The molecule has 7 heteroatoms. The van der Waals surface area contributed by atoms with Crippen LogP contribution in [0.4, 0.5) is 11.8 Å². The van der Waals surface area contributed by atoms with Crippen LogP contribution in [0.2, 0.25) is 0 Å². The van der Waals surface area contributed by atoms with Gasteiger partial charge < -0.3 is 16.2 Å². The van der Waals surface area contributed by atoms with Crippen molar-refractivity contribution in [3.8, 4) is 16.9 Å². The first-order chi connectivity index (χ1) is 12.6. The maximum atomic E-state index is 6.11. The summed E-state index contributed by atoms with van der Waals surface area (Å²) in [5.41, 5.74) is 17.3. The van der Waals surface area contributed by atoms with Crippen LogP contribution in [0, 0.1) is 0 Å². The Labute approximate surface area is 149 Å². The molecule has 1 aromatic carbocycles. The van der Waals surface area contributed by atoms with Crippen LogP contribution in [-0.2, 0) is 0 Å². The minimum absolute atomic E-state index is 0.144. The second kappa shape index (κ2) is 5.26. The molecule has 4 N–H and O–H groups in total. The lowest BCUT2D eigenvalue weighted by Crippen LogP contribution is -2.02. The maximum Gasteiger partial charge on any atom is 0.222 e. The van der Waals surface area contributed by atoms with E-state index in [-0.39, 0.29) is 11.9 Å². The largest absolute Gasteiger partial charge is 0.492 e. The minimum Gasteiger partial charge on any atom is -0.492 e. The van der Waals surface area contributed by atoms with E-state index in [0.29, 0.717) is 23.3 Å². The van der Waals surface area contributed by atoms with Crippen LogP contribution in [0.15, 0.2) is 36.7 Å². The highest BCUT2D eigenvalue weighted by Crippen LogP contribution is 2.47. The molecule has 1 aliphatic heterocycles. The Bertz CT molecular complexity index is 1190. The molecule has 7 nitrogen and oxygen atoms in total. The smallest absolute Gasteiger partial charge is 0.222 e. The number of benzene rings is 1. The maximum absolute atomic E-state index is 6.11. The fraction of sp³-hybridized carbons (Fsp3) is 0.158. The summed E-state index contributed by atoms with van der Waals surface area (Å²) in [6.45, 7) is 2.72. The van der Waals surface area contributed by atoms with E-state index in [1.807, 2.05) is 30.5 Å². The summed E-state index contributed by atoms with van der Waals surface area (Å²) in [4.78, 5) is 17.4. The first kappa shape index (κ1) is 14.8. The number of fused-ring (bicyclic) bond motifs is 4. The van der Waals surface area contributed by atoms with Crippen LogP contribution in [0.1, 0.15) is 18.4 Å². The first-order valence-electron chi connectivity index (χ1n) is 8.35. The SMILES string of the molecule is CC1COc2c1c(-c1cnc3cccnc3c1)cc1nc(N)nc(N)c21. The summed E-state index contributed by atoms with van der Waals surface area (Å²) in [6.07, 6.45) is 3.61. The first-order valence-corrected chi connectivity index (χ1v) is 8.35. The Hall–Kier alpha value is -3.48. The van der Waals surface area contributed by atoms with Gasteiger partial charge in [0.2, 0.25) is 5.95 Å². The van der Waals surface area contributed by atoms with Crippen molar-refractivity contribution in [3.63, 3.8) is 0 Å². The van der Waals surface area contributed by atoms with Crippen LogP contribution >= 0.6 is 0 Å². The Balaban J connectivity index is 1.86. The molecular weight excluding hydrogens is 328 g/mol. The summed E-state index contributed by atoms with van der Waals surface area (Å²) in [5.74, 6) is 1.44. The molecule has 26 heavy (non-hydrogen) atoms. The van der Waals surface area contributed by atoms with E-state index in [2.05, 4.69) is 26.9 Å². The van der Waals surface area contributed by atoms with Crippen molar-refractivity contribution >= 4 is 33.7 Å². The number of pyridine rings is 2. The molecule has 0 saturated carbocycles. The van der Waals surface area contributed by atoms with Crippen LogP contribution in [0.5, 0.6) is 5.75 Å². The van der Waals surface area contributed by atoms with Crippen LogP contribution in [0.25, 0.3) is 33.1 Å². The molecule has 0 spiro atoms. The van der Waals surface area contributed by atoms with Crippen molar-refractivity contribution in [2.24, 2.45) is 0 Å². The third kappa shape index (κ3) is 2.07. The van der Waals surface area contributed by atoms with Crippen LogP contribution in [-0.4, -0.2) is 26.5 Å². The second-order valence-corrected chi connectivity index (χ2v) is 6.51. The number of nitrogens with two attached hydrogens (primary N) is 2. The molecule has 0 amide bonds. The summed E-state index contributed by atoms with van der Waals surface area (Å²) >= 11 is 0. The highest BCUT2D eigenvalue weighted by atomic mass is 16.5. The summed E-state index contributed by atoms with van der Waals surface area (Å²) in [5, 5.41) is 0.717. The molecule has 4 aromatic rings. The molecule has 4 heterocycles. The van der Waals surface area contributed by atoms with E-state index in [9.17, 15) is 0 Å². The van der Waals surface area contributed by atoms with Gasteiger partial charge in [-0.25, -0.2) is 4.98 Å². The number of ether oxygens (including phenoxy) is 1. The standard InChI is InChI=1S/C19H16N6O/c1-9-8-26-17-15(9)11(6-14-16(17)18(20)25-19(21)24-14)10-5-13-12(23-7-10)3-2-4-22-13/h2-7,9H,8H2,1H3,(H4,20,21,24,25). The average molecular weight is 344 g/mol. The zero-order valence-corrected chi connectivity index (χ0v) is 14.1. The van der Waals surface area contributed by atoms with Gasteiger partial charge in [-0.1, -0.05) is 6.92 Å². The van der Waals surface area contributed by atoms with Gasteiger partial charge in [0.25, 0.3) is 0 Å². The third-order valence-electron chi connectivity index (χ3n) is 4.76. The Morgan fingerprint density at radius 1 is 1.08 bits per heavy atom. The Kier molecular flexibility index (Phi) is 3.00. The van der Waals surface area contributed by atoms with E-state index in [0.717, 1.165) is 33.5 Å². The van der Waals surface area contributed by atoms with Crippen molar-refractivity contribution in [3.05, 3.63) is 42.2 Å². The topological polar surface area (TPSA) is 113 Å². The lowest BCUT2D eigenvalue weighted by molar-refractivity contribution is 0.340. The molecule has 3 aromatic heterocycles. The fourth-order valence-corrected chi connectivity index (χ4v) is 3.59. The van der Waals surface area contributed by atoms with Crippen LogP contribution < -0.4 is 16.2 Å². The van der Waals surface area contributed by atoms with E-state index in [1.165, 1.54) is 0 Å². The lowest BCUT2D eigenvalue weighted by atomic mass is 9.91. The van der Waals surface area contributed by atoms with Crippen LogP contribution in [0.3, 0.4) is 0 Å². The van der Waals surface area contributed by atoms with Crippen molar-refractivity contribution < 1.29 is 4.74 Å². The molecule has 0 fully saturated rings. The zero-order valence-electron chi connectivity index (χ0n) is 14.1. The minimum atomic E-state index is 0.144. The molecule has 5 rings (SSSR count). The Morgan fingerprint density at radius 2 is 1.96 bits per heavy atom. The highest BCUT2D eigenvalue weighted by molar-refractivity contribution is 6.00. The molecule has 0 saturated heterocycles.